The molecule has 1 saturated carbocycles. The summed E-state index contributed by atoms with van der Waals surface area (Å²) in [5, 5.41) is 3.65. The molecule has 2 heteroatoms. The van der Waals surface area contributed by atoms with E-state index < -0.39 is 0 Å². The molecule has 1 aliphatic rings. The van der Waals surface area contributed by atoms with Crippen LogP contribution in [0.1, 0.15) is 46.0 Å². The van der Waals surface area contributed by atoms with Crippen molar-refractivity contribution in [1.29, 1.82) is 0 Å². The summed E-state index contributed by atoms with van der Waals surface area (Å²) in [7, 11) is 1.79. The fraction of sp³-hybridized carbons (Fsp3) is 1.00. The van der Waals surface area contributed by atoms with Crippen molar-refractivity contribution >= 4 is 0 Å². The molecule has 1 aliphatic carbocycles. The molecule has 0 heterocycles. The van der Waals surface area contributed by atoms with Gasteiger partial charge in [0, 0.05) is 19.8 Å². The molecule has 0 aromatic carbocycles. The molecule has 1 N–H and O–H groups in total. The van der Waals surface area contributed by atoms with E-state index in [2.05, 4.69) is 19.2 Å². The zero-order valence-corrected chi connectivity index (χ0v) is 10.6. The summed E-state index contributed by atoms with van der Waals surface area (Å²) in [6, 6.07) is 0.732. The molecule has 0 spiro atoms. The van der Waals surface area contributed by atoms with Crippen LogP contribution in [0.2, 0.25) is 0 Å². The van der Waals surface area contributed by atoms with Crippen molar-refractivity contribution in [3.05, 3.63) is 0 Å². The van der Waals surface area contributed by atoms with Crippen molar-refractivity contribution < 1.29 is 4.74 Å². The SMILES string of the molecule is CCNC(CCCOC)C1CCC(C)C1. The van der Waals surface area contributed by atoms with E-state index in [0.717, 1.165) is 31.0 Å². The summed E-state index contributed by atoms with van der Waals surface area (Å²) in [6.45, 7) is 6.60. The Kier molecular flexibility index (Phi) is 6.26. The Hall–Kier alpha value is -0.0800. The zero-order valence-electron chi connectivity index (χ0n) is 10.6. The lowest BCUT2D eigenvalue weighted by Crippen LogP contribution is -2.35. The van der Waals surface area contributed by atoms with Gasteiger partial charge >= 0.3 is 0 Å². The molecule has 90 valence electrons. The molecular formula is C13H27NO. The van der Waals surface area contributed by atoms with Crippen molar-refractivity contribution in [2.24, 2.45) is 11.8 Å². The fourth-order valence-electron chi connectivity index (χ4n) is 2.83. The van der Waals surface area contributed by atoms with Crippen LogP contribution >= 0.6 is 0 Å². The average Bonchev–Trinajstić information content (AvgIpc) is 2.64. The Morgan fingerprint density at radius 2 is 2.20 bits per heavy atom. The first kappa shape index (κ1) is 13.0. The third kappa shape index (κ3) is 4.52. The maximum Gasteiger partial charge on any atom is 0.0462 e. The molecule has 0 bridgehead atoms. The van der Waals surface area contributed by atoms with Crippen LogP contribution in [-0.4, -0.2) is 26.3 Å². The van der Waals surface area contributed by atoms with Gasteiger partial charge in [0.1, 0.15) is 0 Å². The predicted octanol–water partition coefficient (Wildman–Crippen LogP) is 2.83. The molecule has 0 radical (unpaired) electrons. The van der Waals surface area contributed by atoms with Gasteiger partial charge in [-0.15, -0.1) is 0 Å². The van der Waals surface area contributed by atoms with Gasteiger partial charge in [-0.1, -0.05) is 20.3 Å². The van der Waals surface area contributed by atoms with Gasteiger partial charge in [0.15, 0.2) is 0 Å². The van der Waals surface area contributed by atoms with Gasteiger partial charge in [-0.25, -0.2) is 0 Å². The van der Waals surface area contributed by atoms with Crippen molar-refractivity contribution in [2.75, 3.05) is 20.3 Å². The van der Waals surface area contributed by atoms with Crippen molar-refractivity contribution in [3.8, 4) is 0 Å². The molecule has 15 heavy (non-hydrogen) atoms. The normalized spacial score (nSPS) is 28.2. The highest BCUT2D eigenvalue weighted by molar-refractivity contribution is 4.83. The monoisotopic (exact) mass is 213 g/mol. The molecule has 1 fully saturated rings. The van der Waals surface area contributed by atoms with Gasteiger partial charge in [0.2, 0.25) is 0 Å². The van der Waals surface area contributed by atoms with E-state index in [9.17, 15) is 0 Å². The van der Waals surface area contributed by atoms with Gasteiger partial charge < -0.3 is 10.1 Å². The highest BCUT2D eigenvalue weighted by Gasteiger charge is 2.27. The van der Waals surface area contributed by atoms with Gasteiger partial charge in [-0.05, 0) is 44.1 Å². The second-order valence-corrected chi connectivity index (χ2v) is 4.98. The van der Waals surface area contributed by atoms with Crippen LogP contribution in [0.4, 0.5) is 0 Å². The van der Waals surface area contributed by atoms with E-state index in [4.69, 9.17) is 4.74 Å². The molecule has 0 saturated heterocycles. The molecule has 2 nitrogen and oxygen atoms in total. The summed E-state index contributed by atoms with van der Waals surface area (Å²) in [6.07, 6.45) is 6.74. The Balaban J connectivity index is 2.28. The van der Waals surface area contributed by atoms with E-state index in [0.29, 0.717) is 0 Å². The van der Waals surface area contributed by atoms with Crippen LogP contribution in [0.25, 0.3) is 0 Å². The quantitative estimate of drug-likeness (QED) is 0.657. The predicted molar refractivity (Wildman–Crippen MR) is 65.1 cm³/mol. The first-order valence-corrected chi connectivity index (χ1v) is 6.50. The minimum absolute atomic E-state index is 0.732. The van der Waals surface area contributed by atoms with Gasteiger partial charge in [0.05, 0.1) is 0 Å². The van der Waals surface area contributed by atoms with Crippen LogP contribution in [0, 0.1) is 11.8 Å². The van der Waals surface area contributed by atoms with Crippen molar-refractivity contribution in [3.63, 3.8) is 0 Å². The minimum atomic E-state index is 0.732. The zero-order chi connectivity index (χ0) is 11.1. The molecule has 0 aliphatic heterocycles. The lowest BCUT2D eigenvalue weighted by molar-refractivity contribution is 0.183. The molecular weight excluding hydrogens is 186 g/mol. The lowest BCUT2D eigenvalue weighted by Gasteiger charge is -2.24. The van der Waals surface area contributed by atoms with Gasteiger partial charge in [-0.3, -0.25) is 0 Å². The van der Waals surface area contributed by atoms with Crippen molar-refractivity contribution in [2.45, 2.75) is 52.0 Å². The maximum absolute atomic E-state index is 5.13. The number of hydrogen-bond donors (Lipinski definition) is 1. The van der Waals surface area contributed by atoms with Crippen LogP contribution in [-0.2, 0) is 4.74 Å². The average molecular weight is 213 g/mol. The standard InChI is InChI=1S/C13H27NO/c1-4-14-13(6-5-9-15-3)12-8-7-11(2)10-12/h11-14H,4-10H2,1-3H3. The third-order valence-corrected chi connectivity index (χ3v) is 3.63. The van der Waals surface area contributed by atoms with E-state index in [1.165, 1.54) is 32.1 Å². The van der Waals surface area contributed by atoms with Gasteiger partial charge in [0.25, 0.3) is 0 Å². The Labute approximate surface area is 94.8 Å². The third-order valence-electron chi connectivity index (χ3n) is 3.63. The second-order valence-electron chi connectivity index (χ2n) is 4.98. The first-order valence-electron chi connectivity index (χ1n) is 6.50. The molecule has 3 unspecified atom stereocenters. The lowest BCUT2D eigenvalue weighted by atomic mass is 9.93. The highest BCUT2D eigenvalue weighted by atomic mass is 16.5. The van der Waals surface area contributed by atoms with Crippen LogP contribution in [0.5, 0.6) is 0 Å². The molecule has 0 aromatic heterocycles. The van der Waals surface area contributed by atoms with E-state index in [-0.39, 0.29) is 0 Å². The fourth-order valence-corrected chi connectivity index (χ4v) is 2.83. The Bertz CT molecular complexity index is 161. The largest absolute Gasteiger partial charge is 0.385 e. The molecule has 0 amide bonds. The summed E-state index contributed by atoms with van der Waals surface area (Å²) in [4.78, 5) is 0. The maximum atomic E-state index is 5.13. The van der Waals surface area contributed by atoms with E-state index in [1.807, 2.05) is 0 Å². The topological polar surface area (TPSA) is 21.3 Å². The van der Waals surface area contributed by atoms with Crippen LogP contribution in [0.15, 0.2) is 0 Å². The van der Waals surface area contributed by atoms with Crippen molar-refractivity contribution in [1.82, 2.24) is 5.32 Å². The number of hydrogen-bond acceptors (Lipinski definition) is 2. The van der Waals surface area contributed by atoms with Crippen LogP contribution in [0.3, 0.4) is 0 Å². The molecule has 3 atom stereocenters. The number of methoxy groups -OCH3 is 1. The van der Waals surface area contributed by atoms with E-state index in [1.54, 1.807) is 7.11 Å². The van der Waals surface area contributed by atoms with E-state index >= 15 is 0 Å². The van der Waals surface area contributed by atoms with Gasteiger partial charge in [-0.2, -0.15) is 0 Å². The summed E-state index contributed by atoms with van der Waals surface area (Å²) < 4.78 is 5.13. The van der Waals surface area contributed by atoms with Crippen LogP contribution < -0.4 is 5.32 Å². The first-order chi connectivity index (χ1) is 7.27. The number of rotatable bonds is 7. The summed E-state index contributed by atoms with van der Waals surface area (Å²) in [5.74, 6) is 1.86. The smallest absolute Gasteiger partial charge is 0.0462 e. The summed E-state index contributed by atoms with van der Waals surface area (Å²) in [5.41, 5.74) is 0. The Morgan fingerprint density at radius 1 is 1.40 bits per heavy atom. The number of ether oxygens (including phenoxy) is 1. The minimum Gasteiger partial charge on any atom is -0.385 e. The molecule has 1 rings (SSSR count). The second kappa shape index (κ2) is 7.24. The summed E-state index contributed by atoms with van der Waals surface area (Å²) >= 11 is 0. The molecule has 0 aromatic rings. The number of nitrogens with one attached hydrogen (secondary N) is 1. The highest BCUT2D eigenvalue weighted by Crippen LogP contribution is 2.33. The Morgan fingerprint density at radius 3 is 2.73 bits per heavy atom.